The Morgan fingerprint density at radius 3 is 2.47 bits per heavy atom. The van der Waals surface area contributed by atoms with Gasteiger partial charge in [0.1, 0.15) is 5.75 Å². The van der Waals surface area contributed by atoms with Crippen molar-refractivity contribution in [3.8, 4) is 5.75 Å². The summed E-state index contributed by atoms with van der Waals surface area (Å²) in [5.41, 5.74) is 1.09. The van der Waals surface area contributed by atoms with Crippen molar-refractivity contribution in [1.82, 2.24) is 0 Å². The van der Waals surface area contributed by atoms with Gasteiger partial charge in [0.05, 0.1) is 11.3 Å². The molecule has 0 saturated carbocycles. The fraction of sp³-hybridized carbons (Fsp3) is 0. The van der Waals surface area contributed by atoms with Crippen LogP contribution >= 0.6 is 11.6 Å². The summed E-state index contributed by atoms with van der Waals surface area (Å²) in [6.07, 6.45) is 1.41. The maximum Gasteiger partial charge on any atom is 0.335 e. The van der Waals surface area contributed by atoms with Gasteiger partial charge in [0.15, 0.2) is 0 Å². The van der Waals surface area contributed by atoms with E-state index in [0.717, 1.165) is 0 Å². The molecule has 0 spiro atoms. The van der Waals surface area contributed by atoms with E-state index < -0.39 is 5.97 Å². The topological polar surface area (TPSA) is 69.9 Å². The molecule has 0 radical (unpaired) electrons. The van der Waals surface area contributed by atoms with Crippen molar-refractivity contribution in [2.45, 2.75) is 0 Å². The number of carboxylic acids is 1. The number of nitrogens with zero attached hydrogens (tertiary/aromatic N) is 1. The van der Waals surface area contributed by atoms with Gasteiger partial charge < -0.3 is 10.2 Å². The Morgan fingerprint density at radius 1 is 1.16 bits per heavy atom. The number of phenols is 1. The molecule has 96 valence electrons. The Kier molecular flexibility index (Phi) is 3.82. The highest BCUT2D eigenvalue weighted by Gasteiger charge is 2.06. The maximum atomic E-state index is 10.8. The third-order valence-electron chi connectivity index (χ3n) is 2.45. The number of aromatic carboxylic acids is 1. The predicted molar refractivity (Wildman–Crippen MR) is 73.8 cm³/mol. The second-order valence-electron chi connectivity index (χ2n) is 3.81. The summed E-state index contributed by atoms with van der Waals surface area (Å²) < 4.78 is 0. The number of aliphatic imine (C=N–C) groups is 1. The lowest BCUT2D eigenvalue weighted by Crippen LogP contribution is -1.97. The first-order valence-electron chi connectivity index (χ1n) is 5.42. The zero-order valence-electron chi connectivity index (χ0n) is 9.75. The van der Waals surface area contributed by atoms with E-state index in [0.29, 0.717) is 16.3 Å². The number of carbonyl (C=O) groups is 1. The molecule has 2 aromatic rings. The summed E-state index contributed by atoms with van der Waals surface area (Å²) in [6.45, 7) is 0. The minimum atomic E-state index is -1.05. The summed E-state index contributed by atoms with van der Waals surface area (Å²) in [5, 5.41) is 19.1. The minimum absolute atomic E-state index is 0.0253. The molecular weight excluding hydrogens is 266 g/mol. The second-order valence-corrected chi connectivity index (χ2v) is 4.25. The molecule has 0 heterocycles. The molecule has 0 amide bonds. The van der Waals surface area contributed by atoms with Crippen LogP contribution in [-0.4, -0.2) is 22.4 Å². The summed E-state index contributed by atoms with van der Waals surface area (Å²) in [6, 6.07) is 10.8. The molecule has 0 aliphatic rings. The highest BCUT2D eigenvalue weighted by Crippen LogP contribution is 2.19. The highest BCUT2D eigenvalue weighted by atomic mass is 35.5. The Morgan fingerprint density at radius 2 is 1.84 bits per heavy atom. The number of rotatable bonds is 3. The van der Waals surface area contributed by atoms with Gasteiger partial charge in [-0.3, -0.25) is 4.99 Å². The van der Waals surface area contributed by atoms with Crippen LogP contribution in [0, 0.1) is 0 Å². The first-order valence-corrected chi connectivity index (χ1v) is 5.80. The van der Waals surface area contributed by atoms with Crippen molar-refractivity contribution in [2.24, 2.45) is 4.99 Å². The predicted octanol–water partition coefficient (Wildman–Crippen LogP) is 3.49. The van der Waals surface area contributed by atoms with Crippen molar-refractivity contribution in [2.75, 3.05) is 0 Å². The molecule has 2 rings (SSSR count). The van der Waals surface area contributed by atoms with E-state index in [4.69, 9.17) is 16.7 Å². The number of aromatic hydroxyl groups is 1. The molecular formula is C14H10ClNO3. The largest absolute Gasteiger partial charge is 0.507 e. The molecule has 0 saturated heterocycles. The van der Waals surface area contributed by atoms with Gasteiger partial charge in [0.2, 0.25) is 0 Å². The molecule has 0 fully saturated rings. The van der Waals surface area contributed by atoms with Crippen LogP contribution in [0.2, 0.25) is 5.02 Å². The molecule has 0 unspecified atom stereocenters. The third-order valence-corrected chi connectivity index (χ3v) is 2.71. The van der Waals surface area contributed by atoms with E-state index in [1.165, 1.54) is 24.4 Å². The van der Waals surface area contributed by atoms with E-state index in [9.17, 15) is 9.90 Å². The number of carboxylic acid groups (broad SMARTS) is 1. The van der Waals surface area contributed by atoms with Crippen LogP contribution in [0.5, 0.6) is 5.75 Å². The van der Waals surface area contributed by atoms with E-state index >= 15 is 0 Å². The van der Waals surface area contributed by atoms with Gasteiger partial charge in [-0.25, -0.2) is 4.79 Å². The van der Waals surface area contributed by atoms with Gasteiger partial charge in [-0.1, -0.05) is 11.6 Å². The molecule has 0 bridgehead atoms. The number of hydrogen-bond donors (Lipinski definition) is 2. The normalized spacial score (nSPS) is 10.8. The molecule has 0 aliphatic heterocycles. The number of phenolic OH excluding ortho intramolecular Hbond substituents is 1. The summed E-state index contributed by atoms with van der Waals surface area (Å²) in [7, 11) is 0. The molecule has 4 nitrogen and oxygen atoms in total. The molecule has 5 heteroatoms. The van der Waals surface area contributed by atoms with Crippen LogP contribution in [-0.2, 0) is 0 Å². The average molecular weight is 276 g/mol. The standard InChI is InChI=1S/C14H10ClNO3/c15-11-2-4-12(5-3-11)16-8-10-7-9(14(18)19)1-6-13(10)17/h1-8,17H,(H,18,19). The molecule has 2 N–H and O–H groups in total. The van der Waals surface area contributed by atoms with Gasteiger partial charge >= 0.3 is 5.97 Å². The SMILES string of the molecule is O=C(O)c1ccc(O)c(C=Nc2ccc(Cl)cc2)c1. The first-order chi connectivity index (χ1) is 9.06. The Labute approximate surface area is 114 Å². The van der Waals surface area contributed by atoms with Crippen molar-refractivity contribution < 1.29 is 15.0 Å². The van der Waals surface area contributed by atoms with Gasteiger partial charge in [0, 0.05) is 16.8 Å². The fourth-order valence-electron chi connectivity index (χ4n) is 1.46. The zero-order chi connectivity index (χ0) is 13.8. The van der Waals surface area contributed by atoms with E-state index in [1.807, 2.05) is 0 Å². The molecule has 0 aliphatic carbocycles. The molecule has 19 heavy (non-hydrogen) atoms. The number of halogens is 1. The van der Waals surface area contributed by atoms with E-state index in [1.54, 1.807) is 24.3 Å². The van der Waals surface area contributed by atoms with Crippen LogP contribution < -0.4 is 0 Å². The Bertz CT molecular complexity index is 636. The highest BCUT2D eigenvalue weighted by molar-refractivity contribution is 6.30. The van der Waals surface area contributed by atoms with Crippen LogP contribution in [0.4, 0.5) is 5.69 Å². The molecule has 2 aromatic carbocycles. The lowest BCUT2D eigenvalue weighted by molar-refractivity contribution is 0.0697. The van der Waals surface area contributed by atoms with Gasteiger partial charge in [0.25, 0.3) is 0 Å². The van der Waals surface area contributed by atoms with Crippen molar-refractivity contribution in [3.63, 3.8) is 0 Å². The van der Waals surface area contributed by atoms with Crippen molar-refractivity contribution >= 4 is 29.5 Å². The fourth-order valence-corrected chi connectivity index (χ4v) is 1.59. The van der Waals surface area contributed by atoms with Crippen LogP contribution in [0.1, 0.15) is 15.9 Å². The van der Waals surface area contributed by atoms with Crippen molar-refractivity contribution in [1.29, 1.82) is 0 Å². The molecule has 0 atom stereocenters. The Hall–Kier alpha value is -2.33. The zero-order valence-corrected chi connectivity index (χ0v) is 10.5. The van der Waals surface area contributed by atoms with E-state index in [-0.39, 0.29) is 11.3 Å². The summed E-state index contributed by atoms with van der Waals surface area (Å²) in [5.74, 6) is -1.08. The van der Waals surface area contributed by atoms with Crippen LogP contribution in [0.3, 0.4) is 0 Å². The van der Waals surface area contributed by atoms with Gasteiger partial charge in [-0.05, 0) is 42.5 Å². The number of benzene rings is 2. The van der Waals surface area contributed by atoms with Crippen LogP contribution in [0.25, 0.3) is 0 Å². The molecule has 0 aromatic heterocycles. The monoisotopic (exact) mass is 275 g/mol. The van der Waals surface area contributed by atoms with Crippen molar-refractivity contribution in [3.05, 3.63) is 58.6 Å². The average Bonchev–Trinajstić information content (AvgIpc) is 2.39. The quantitative estimate of drug-likeness (QED) is 0.842. The lowest BCUT2D eigenvalue weighted by Gasteiger charge is -2.00. The van der Waals surface area contributed by atoms with Gasteiger partial charge in [-0.2, -0.15) is 0 Å². The summed E-state index contributed by atoms with van der Waals surface area (Å²) >= 11 is 5.75. The minimum Gasteiger partial charge on any atom is -0.507 e. The third kappa shape index (κ3) is 3.33. The lowest BCUT2D eigenvalue weighted by atomic mass is 10.1. The number of hydrogen-bond acceptors (Lipinski definition) is 3. The van der Waals surface area contributed by atoms with Gasteiger partial charge in [-0.15, -0.1) is 0 Å². The smallest absolute Gasteiger partial charge is 0.335 e. The Balaban J connectivity index is 2.29. The maximum absolute atomic E-state index is 10.8. The van der Waals surface area contributed by atoms with Crippen LogP contribution in [0.15, 0.2) is 47.5 Å². The van der Waals surface area contributed by atoms with E-state index in [2.05, 4.69) is 4.99 Å². The summed E-state index contributed by atoms with van der Waals surface area (Å²) in [4.78, 5) is 15.0. The second kappa shape index (κ2) is 5.54. The first kappa shape index (κ1) is 13.1.